The molecular weight excluding hydrogens is 382 g/mol. The molecule has 1 aliphatic heterocycles. The maximum Gasteiger partial charge on any atom is 0.309 e. The van der Waals surface area contributed by atoms with Crippen LogP contribution in [0, 0.1) is 17.8 Å². The van der Waals surface area contributed by atoms with Crippen LogP contribution < -0.4 is 0 Å². The second-order valence-corrected chi connectivity index (χ2v) is 9.63. The Bertz CT molecular complexity index is 746. The van der Waals surface area contributed by atoms with Gasteiger partial charge in [-0.1, -0.05) is 44.0 Å². The Kier molecular flexibility index (Phi) is 6.90. The third-order valence-electron chi connectivity index (χ3n) is 7.70. The first-order valence-corrected chi connectivity index (χ1v) is 11.9. The molecule has 1 aromatic rings. The number of rotatable bonds is 6. The largest absolute Gasteiger partial charge is 0.461 e. The quantitative estimate of drug-likeness (QED) is 0.449. The van der Waals surface area contributed by atoms with Gasteiger partial charge in [0.05, 0.1) is 6.42 Å². The smallest absolute Gasteiger partial charge is 0.309 e. The topological polar surface area (TPSA) is 26.3 Å². The van der Waals surface area contributed by atoms with Crippen molar-refractivity contribution in [2.45, 2.75) is 89.6 Å². The van der Waals surface area contributed by atoms with Crippen molar-refractivity contribution in [3.63, 3.8) is 0 Å². The zero-order chi connectivity index (χ0) is 21.1. The lowest BCUT2D eigenvalue weighted by Gasteiger charge is -2.37. The monoisotopic (exact) mass is 416 g/mol. The first kappa shape index (κ1) is 21.5. The third-order valence-corrected chi connectivity index (χ3v) is 7.70. The van der Waals surface area contributed by atoms with Gasteiger partial charge in [-0.05, 0) is 74.7 Å². The van der Waals surface area contributed by atoms with E-state index in [-0.39, 0.29) is 18.0 Å². The molecule has 1 aromatic carbocycles. The van der Waals surface area contributed by atoms with Crippen LogP contribution in [0.25, 0.3) is 5.83 Å². The fraction of sp³-hybridized carbons (Fsp3) is 0.654. The lowest BCUT2D eigenvalue weighted by Crippen LogP contribution is -2.40. The second-order valence-electron chi connectivity index (χ2n) is 9.63. The number of allylic oxidation sites excluding steroid dienone is 1. The summed E-state index contributed by atoms with van der Waals surface area (Å²) >= 11 is 0. The van der Waals surface area contributed by atoms with Gasteiger partial charge in [-0.25, -0.2) is 8.78 Å². The van der Waals surface area contributed by atoms with Gasteiger partial charge in [-0.15, -0.1) is 0 Å². The van der Waals surface area contributed by atoms with Crippen LogP contribution in [0.2, 0.25) is 0 Å². The molecule has 4 rings (SSSR count). The molecule has 30 heavy (non-hydrogen) atoms. The first-order chi connectivity index (χ1) is 14.5. The van der Waals surface area contributed by atoms with Gasteiger partial charge in [-0.2, -0.15) is 0 Å². The number of benzene rings is 1. The van der Waals surface area contributed by atoms with E-state index in [9.17, 15) is 13.6 Å². The van der Waals surface area contributed by atoms with E-state index in [1.54, 1.807) is 12.1 Å². The van der Waals surface area contributed by atoms with Crippen LogP contribution in [-0.2, 0) is 9.53 Å². The Hall–Kier alpha value is -1.71. The molecule has 0 amide bonds. The molecule has 3 aliphatic rings. The molecule has 1 unspecified atom stereocenters. The maximum atomic E-state index is 14.8. The van der Waals surface area contributed by atoms with Gasteiger partial charge in [0.25, 0.3) is 0 Å². The highest BCUT2D eigenvalue weighted by Crippen LogP contribution is 2.42. The van der Waals surface area contributed by atoms with Crippen LogP contribution in [-0.4, -0.2) is 12.1 Å². The SMILES string of the molecule is CCCC1CCC(C(F)=C(F)c2ccc(C3CCC(C4CC(=O)O4)CC3)cc2)CC1. The van der Waals surface area contributed by atoms with Crippen molar-refractivity contribution in [1.82, 2.24) is 0 Å². The Balaban J connectivity index is 1.33. The van der Waals surface area contributed by atoms with E-state index in [0.29, 0.717) is 29.7 Å². The highest BCUT2D eigenvalue weighted by Gasteiger charge is 2.37. The molecular formula is C26H34F2O2. The van der Waals surface area contributed by atoms with E-state index in [1.807, 2.05) is 12.1 Å². The first-order valence-electron chi connectivity index (χ1n) is 11.9. The van der Waals surface area contributed by atoms with Gasteiger partial charge < -0.3 is 4.74 Å². The molecule has 4 heteroatoms. The summed E-state index contributed by atoms with van der Waals surface area (Å²) in [6, 6.07) is 7.42. The van der Waals surface area contributed by atoms with Crippen molar-refractivity contribution in [3.05, 3.63) is 41.2 Å². The van der Waals surface area contributed by atoms with Gasteiger partial charge in [0.2, 0.25) is 0 Å². The van der Waals surface area contributed by atoms with E-state index < -0.39 is 11.7 Å². The summed E-state index contributed by atoms with van der Waals surface area (Å²) in [5, 5.41) is 0. The average molecular weight is 417 g/mol. The van der Waals surface area contributed by atoms with Crippen LogP contribution in [0.4, 0.5) is 8.78 Å². The van der Waals surface area contributed by atoms with Gasteiger partial charge in [0, 0.05) is 11.5 Å². The predicted molar refractivity (Wildman–Crippen MR) is 115 cm³/mol. The van der Waals surface area contributed by atoms with Crippen molar-refractivity contribution in [2.75, 3.05) is 0 Å². The summed E-state index contributed by atoms with van der Waals surface area (Å²) < 4.78 is 34.8. The Morgan fingerprint density at radius 1 is 0.967 bits per heavy atom. The number of carbonyl (C=O) groups is 1. The highest BCUT2D eigenvalue weighted by atomic mass is 19.2. The van der Waals surface area contributed by atoms with Gasteiger partial charge in [0.1, 0.15) is 11.9 Å². The number of carbonyl (C=O) groups excluding carboxylic acids is 1. The summed E-state index contributed by atoms with van der Waals surface area (Å²) in [7, 11) is 0. The minimum Gasteiger partial charge on any atom is -0.461 e. The molecule has 2 saturated carbocycles. The number of cyclic esters (lactones) is 1. The molecule has 1 saturated heterocycles. The van der Waals surface area contributed by atoms with Gasteiger partial charge in [-0.3, -0.25) is 4.79 Å². The van der Waals surface area contributed by atoms with E-state index >= 15 is 0 Å². The molecule has 1 heterocycles. The zero-order valence-electron chi connectivity index (χ0n) is 18.0. The molecule has 0 bridgehead atoms. The van der Waals surface area contributed by atoms with Crippen LogP contribution in [0.5, 0.6) is 0 Å². The number of hydrogen-bond donors (Lipinski definition) is 0. The lowest BCUT2D eigenvalue weighted by molar-refractivity contribution is -0.176. The molecule has 2 aliphatic carbocycles. The van der Waals surface area contributed by atoms with Crippen molar-refractivity contribution in [1.29, 1.82) is 0 Å². The van der Waals surface area contributed by atoms with Crippen LogP contribution in [0.1, 0.15) is 94.6 Å². The summed E-state index contributed by atoms with van der Waals surface area (Å²) in [5.74, 6) is 0.0803. The lowest BCUT2D eigenvalue weighted by atomic mass is 9.75. The predicted octanol–water partition coefficient (Wildman–Crippen LogP) is 7.49. The number of hydrogen-bond acceptors (Lipinski definition) is 2. The minimum atomic E-state index is -0.670. The molecule has 164 valence electrons. The molecule has 0 radical (unpaired) electrons. The van der Waals surface area contributed by atoms with Gasteiger partial charge in [0.15, 0.2) is 5.83 Å². The summed E-state index contributed by atoms with van der Waals surface area (Å²) in [6.07, 6.45) is 10.9. The van der Waals surface area contributed by atoms with Crippen molar-refractivity contribution < 1.29 is 18.3 Å². The summed E-state index contributed by atoms with van der Waals surface area (Å²) in [4.78, 5) is 11.0. The van der Waals surface area contributed by atoms with E-state index in [1.165, 1.54) is 18.4 Å². The van der Waals surface area contributed by atoms with Gasteiger partial charge >= 0.3 is 5.97 Å². The Morgan fingerprint density at radius 2 is 1.60 bits per heavy atom. The molecule has 0 aromatic heterocycles. The van der Waals surface area contributed by atoms with E-state index in [4.69, 9.17) is 4.74 Å². The van der Waals surface area contributed by atoms with Crippen LogP contribution in [0.15, 0.2) is 30.1 Å². The molecule has 0 spiro atoms. The summed E-state index contributed by atoms with van der Waals surface area (Å²) in [6.45, 7) is 2.19. The van der Waals surface area contributed by atoms with E-state index in [2.05, 4.69) is 6.92 Å². The van der Waals surface area contributed by atoms with E-state index in [0.717, 1.165) is 51.4 Å². The fourth-order valence-electron chi connectivity index (χ4n) is 5.74. The van der Waals surface area contributed by atoms with Crippen LogP contribution >= 0.6 is 0 Å². The highest BCUT2D eigenvalue weighted by molar-refractivity contribution is 5.75. The number of halogens is 2. The van der Waals surface area contributed by atoms with Crippen LogP contribution in [0.3, 0.4) is 0 Å². The normalized spacial score (nSPS) is 32.8. The minimum absolute atomic E-state index is 0.0750. The fourth-order valence-corrected chi connectivity index (χ4v) is 5.74. The molecule has 2 nitrogen and oxygen atoms in total. The molecule has 0 N–H and O–H groups in total. The van der Waals surface area contributed by atoms with Crippen molar-refractivity contribution >= 4 is 11.8 Å². The van der Waals surface area contributed by atoms with Crippen molar-refractivity contribution in [2.24, 2.45) is 17.8 Å². The second kappa shape index (κ2) is 9.62. The Labute approximate surface area is 179 Å². The Morgan fingerprint density at radius 3 is 2.17 bits per heavy atom. The van der Waals surface area contributed by atoms with Crippen molar-refractivity contribution in [3.8, 4) is 0 Å². The molecule has 1 atom stereocenters. The number of ether oxygens (including phenoxy) is 1. The third kappa shape index (κ3) is 4.78. The molecule has 3 fully saturated rings. The average Bonchev–Trinajstić information content (AvgIpc) is 2.77. The zero-order valence-corrected chi connectivity index (χ0v) is 18.0. The maximum absolute atomic E-state index is 14.8. The number of esters is 1. The standard InChI is InChI=1S/C26H34F2O2/c1-2-3-17-4-6-21(7-5-17)25(27)26(28)22-14-10-19(11-15-22)18-8-12-20(13-9-18)23-16-24(29)30-23/h10-11,14-15,17-18,20-21,23H,2-9,12-13,16H2,1H3. The summed E-state index contributed by atoms with van der Waals surface area (Å²) in [5.41, 5.74) is 1.57.